The Labute approximate surface area is 168 Å². The summed E-state index contributed by atoms with van der Waals surface area (Å²) in [4.78, 5) is 25.4. The minimum absolute atomic E-state index is 0.359. The van der Waals surface area contributed by atoms with Crippen LogP contribution in [0.1, 0.15) is 49.3 Å². The van der Waals surface area contributed by atoms with Gasteiger partial charge in [0.05, 0.1) is 18.1 Å². The molecule has 1 aliphatic rings. The molecule has 0 unspecified atom stereocenters. The Bertz CT molecular complexity index is 1140. The number of anilines is 2. The molecule has 3 aromatic heterocycles. The third kappa shape index (κ3) is 3.25. The third-order valence-corrected chi connectivity index (χ3v) is 4.91. The molecule has 3 N–H and O–H groups in total. The molecular formula is C21H23N5O3. The van der Waals surface area contributed by atoms with E-state index in [2.05, 4.69) is 20.3 Å². The Morgan fingerprint density at radius 3 is 2.59 bits per heavy atom. The lowest BCUT2D eigenvalue weighted by atomic mass is 9.93. The van der Waals surface area contributed by atoms with Crippen molar-refractivity contribution in [1.82, 2.24) is 15.0 Å². The van der Waals surface area contributed by atoms with E-state index in [0.29, 0.717) is 28.8 Å². The van der Waals surface area contributed by atoms with Crippen LogP contribution >= 0.6 is 0 Å². The van der Waals surface area contributed by atoms with Gasteiger partial charge in [0.25, 0.3) is 0 Å². The second-order valence-electron chi connectivity index (χ2n) is 8.14. The maximum absolute atomic E-state index is 12.0. The summed E-state index contributed by atoms with van der Waals surface area (Å²) in [7, 11) is 1.57. The van der Waals surface area contributed by atoms with E-state index in [0.717, 1.165) is 16.3 Å². The molecule has 8 nitrogen and oxygen atoms in total. The number of carbonyl (C=O) groups is 1. The van der Waals surface area contributed by atoms with Gasteiger partial charge in [0.2, 0.25) is 5.88 Å². The normalized spacial score (nSPS) is 15.2. The topological polar surface area (TPSA) is 112 Å². The van der Waals surface area contributed by atoms with Crippen molar-refractivity contribution in [1.29, 1.82) is 0 Å². The number of nitrogens with one attached hydrogen (secondary N) is 1. The Hall–Kier alpha value is -3.26. The minimum Gasteiger partial charge on any atom is -0.481 e. The Kier molecular flexibility index (Phi) is 4.20. The zero-order valence-electron chi connectivity index (χ0n) is 17.0. The summed E-state index contributed by atoms with van der Waals surface area (Å²) in [6, 6.07) is 5.34. The number of carbonyl (C=O) groups excluding carboxylic acids is 1. The van der Waals surface area contributed by atoms with Crippen molar-refractivity contribution in [3.8, 4) is 5.88 Å². The highest BCUT2D eigenvalue weighted by Gasteiger charge is 2.39. The van der Waals surface area contributed by atoms with Crippen LogP contribution in [0.5, 0.6) is 5.88 Å². The first kappa shape index (κ1) is 19.1. The van der Waals surface area contributed by atoms with E-state index in [9.17, 15) is 4.79 Å². The van der Waals surface area contributed by atoms with E-state index in [1.807, 2.05) is 33.8 Å². The largest absolute Gasteiger partial charge is 0.481 e. The second-order valence-corrected chi connectivity index (χ2v) is 8.14. The van der Waals surface area contributed by atoms with Gasteiger partial charge in [-0.05, 0) is 56.8 Å². The number of rotatable bonds is 4. The van der Waals surface area contributed by atoms with Crippen LogP contribution in [-0.2, 0) is 15.9 Å². The maximum Gasteiger partial charge on any atom is 0.341 e. The van der Waals surface area contributed by atoms with Crippen molar-refractivity contribution in [3.63, 3.8) is 0 Å². The molecule has 0 radical (unpaired) electrons. The van der Waals surface area contributed by atoms with E-state index in [-0.39, 0.29) is 5.97 Å². The van der Waals surface area contributed by atoms with Crippen LogP contribution in [0.3, 0.4) is 0 Å². The fourth-order valence-corrected chi connectivity index (χ4v) is 3.47. The Morgan fingerprint density at radius 2 is 1.90 bits per heavy atom. The molecule has 0 aliphatic carbocycles. The number of methoxy groups -OCH3 is 1. The number of cyclic esters (lactones) is 1. The lowest BCUT2D eigenvalue weighted by molar-refractivity contribution is 0.00834. The smallest absolute Gasteiger partial charge is 0.341 e. The van der Waals surface area contributed by atoms with Crippen molar-refractivity contribution in [3.05, 3.63) is 47.4 Å². The molecule has 0 atom stereocenters. The van der Waals surface area contributed by atoms with Crippen molar-refractivity contribution in [2.75, 3.05) is 12.4 Å². The summed E-state index contributed by atoms with van der Waals surface area (Å²) in [5.74, 6) is 1.28. The number of fused-ring (bicyclic) bond motifs is 2. The summed E-state index contributed by atoms with van der Waals surface area (Å²) in [5, 5.41) is 4.87. The molecule has 0 spiro atoms. The molecule has 0 saturated heterocycles. The standard InChI is InChI=1S/C21H23N5O3/c1-20(2,22)14-10-24-18(28-5)13-9-23-16(8-12(13)14)25-15-7-6-11-17(26-15)21(3,4)29-19(11)27/h6-10H,22H2,1-5H3,(H,23,25,26). The van der Waals surface area contributed by atoms with Gasteiger partial charge >= 0.3 is 5.97 Å². The van der Waals surface area contributed by atoms with Gasteiger partial charge in [-0.1, -0.05) is 0 Å². The van der Waals surface area contributed by atoms with Crippen LogP contribution in [-0.4, -0.2) is 28.0 Å². The van der Waals surface area contributed by atoms with E-state index >= 15 is 0 Å². The zero-order valence-corrected chi connectivity index (χ0v) is 17.0. The SMILES string of the molecule is COc1ncc(C(C)(C)N)c2cc(Nc3ccc4c(n3)C(C)(C)OC4=O)ncc12. The lowest BCUT2D eigenvalue weighted by Crippen LogP contribution is -2.29. The average Bonchev–Trinajstić information content (AvgIpc) is 2.88. The van der Waals surface area contributed by atoms with E-state index in [1.54, 1.807) is 31.6 Å². The lowest BCUT2D eigenvalue weighted by Gasteiger charge is -2.22. The monoisotopic (exact) mass is 393 g/mol. The van der Waals surface area contributed by atoms with Crippen molar-refractivity contribution in [2.24, 2.45) is 5.73 Å². The van der Waals surface area contributed by atoms with Crippen molar-refractivity contribution in [2.45, 2.75) is 38.8 Å². The first-order valence-electron chi connectivity index (χ1n) is 9.24. The van der Waals surface area contributed by atoms with Gasteiger partial charge in [-0.2, -0.15) is 0 Å². The molecule has 0 amide bonds. The highest BCUT2D eigenvalue weighted by atomic mass is 16.6. The van der Waals surface area contributed by atoms with Gasteiger partial charge in [-0.3, -0.25) is 0 Å². The van der Waals surface area contributed by atoms with Crippen LogP contribution in [0, 0.1) is 0 Å². The van der Waals surface area contributed by atoms with E-state index < -0.39 is 11.1 Å². The first-order chi connectivity index (χ1) is 13.6. The average molecular weight is 393 g/mol. The summed E-state index contributed by atoms with van der Waals surface area (Å²) in [6.45, 7) is 7.47. The number of nitrogens with zero attached hydrogens (tertiary/aromatic N) is 3. The Balaban J connectivity index is 1.77. The Morgan fingerprint density at radius 1 is 1.14 bits per heavy atom. The number of hydrogen-bond acceptors (Lipinski definition) is 8. The van der Waals surface area contributed by atoms with E-state index in [4.69, 9.17) is 15.2 Å². The summed E-state index contributed by atoms with van der Waals surface area (Å²) >= 11 is 0. The quantitative estimate of drug-likeness (QED) is 0.649. The third-order valence-electron chi connectivity index (χ3n) is 4.91. The molecule has 0 fully saturated rings. The number of ether oxygens (including phenoxy) is 2. The van der Waals surface area contributed by atoms with Gasteiger partial charge in [-0.25, -0.2) is 19.7 Å². The van der Waals surface area contributed by atoms with Crippen molar-refractivity contribution < 1.29 is 14.3 Å². The van der Waals surface area contributed by atoms with E-state index in [1.165, 1.54) is 0 Å². The summed E-state index contributed by atoms with van der Waals surface area (Å²) < 4.78 is 10.7. The van der Waals surface area contributed by atoms with Gasteiger partial charge in [0.15, 0.2) is 0 Å². The molecule has 1 aliphatic heterocycles. The number of nitrogens with two attached hydrogens (primary N) is 1. The summed E-state index contributed by atoms with van der Waals surface area (Å²) in [5.41, 5.74) is 6.94. The maximum atomic E-state index is 12.0. The predicted octanol–water partition coefficient (Wildman–Crippen LogP) is 3.38. The molecule has 3 aromatic rings. The molecule has 8 heteroatoms. The van der Waals surface area contributed by atoms with Crippen LogP contribution < -0.4 is 15.8 Å². The first-order valence-corrected chi connectivity index (χ1v) is 9.24. The summed E-state index contributed by atoms with van der Waals surface area (Å²) in [6.07, 6.45) is 3.42. The van der Waals surface area contributed by atoms with Gasteiger partial charge in [0, 0.05) is 17.9 Å². The van der Waals surface area contributed by atoms with Gasteiger partial charge in [-0.15, -0.1) is 0 Å². The molecule has 4 heterocycles. The number of aromatic nitrogens is 3. The number of esters is 1. The second kappa shape index (κ2) is 6.38. The molecular weight excluding hydrogens is 370 g/mol. The molecule has 4 rings (SSSR count). The van der Waals surface area contributed by atoms with Crippen LogP contribution in [0.15, 0.2) is 30.6 Å². The van der Waals surface area contributed by atoms with Crippen molar-refractivity contribution >= 4 is 28.4 Å². The fraction of sp³-hybridized carbons (Fsp3) is 0.333. The van der Waals surface area contributed by atoms with Crippen LogP contribution in [0.4, 0.5) is 11.6 Å². The highest BCUT2D eigenvalue weighted by Crippen LogP contribution is 2.36. The van der Waals surface area contributed by atoms with Gasteiger partial charge < -0.3 is 20.5 Å². The predicted molar refractivity (Wildman–Crippen MR) is 109 cm³/mol. The molecule has 29 heavy (non-hydrogen) atoms. The van der Waals surface area contributed by atoms with Crippen LogP contribution in [0.25, 0.3) is 10.8 Å². The minimum atomic E-state index is -0.767. The highest BCUT2D eigenvalue weighted by molar-refractivity contribution is 5.94. The van der Waals surface area contributed by atoms with Crippen LogP contribution in [0.2, 0.25) is 0 Å². The number of pyridine rings is 3. The fourth-order valence-electron chi connectivity index (χ4n) is 3.47. The molecule has 0 saturated carbocycles. The van der Waals surface area contributed by atoms with Gasteiger partial charge in [0.1, 0.15) is 22.9 Å². The zero-order chi connectivity index (χ0) is 21.0. The molecule has 0 aromatic carbocycles. The number of hydrogen-bond donors (Lipinski definition) is 2. The molecule has 150 valence electrons. The molecule has 0 bridgehead atoms.